The first kappa shape index (κ1) is 7.69. The SMILES string of the molecule is CC1=Cc2ccc(Cl)cc2OC1. The molecule has 2 heteroatoms. The minimum atomic E-state index is 0.674. The van der Waals surface area contributed by atoms with Crippen LogP contribution in [-0.4, -0.2) is 6.61 Å². The van der Waals surface area contributed by atoms with E-state index in [1.165, 1.54) is 5.57 Å². The summed E-state index contributed by atoms with van der Waals surface area (Å²) in [6.07, 6.45) is 2.12. The zero-order chi connectivity index (χ0) is 8.55. The van der Waals surface area contributed by atoms with Gasteiger partial charge < -0.3 is 4.74 Å². The smallest absolute Gasteiger partial charge is 0.128 e. The second-order valence-corrected chi connectivity index (χ2v) is 3.40. The van der Waals surface area contributed by atoms with Crippen molar-refractivity contribution in [1.82, 2.24) is 0 Å². The zero-order valence-corrected chi connectivity index (χ0v) is 7.56. The van der Waals surface area contributed by atoms with Crippen LogP contribution in [0.15, 0.2) is 23.8 Å². The van der Waals surface area contributed by atoms with Crippen LogP contribution in [-0.2, 0) is 0 Å². The van der Waals surface area contributed by atoms with E-state index >= 15 is 0 Å². The van der Waals surface area contributed by atoms with Crippen molar-refractivity contribution in [3.8, 4) is 5.75 Å². The molecule has 0 fully saturated rings. The Kier molecular flexibility index (Phi) is 1.81. The molecule has 12 heavy (non-hydrogen) atoms. The molecule has 1 aliphatic rings. The van der Waals surface area contributed by atoms with Gasteiger partial charge in [-0.25, -0.2) is 0 Å². The molecule has 1 aliphatic heterocycles. The van der Waals surface area contributed by atoms with Crippen LogP contribution in [0.5, 0.6) is 5.75 Å². The molecule has 1 nitrogen and oxygen atoms in total. The average molecular weight is 181 g/mol. The summed E-state index contributed by atoms with van der Waals surface area (Å²) >= 11 is 5.81. The molecule has 62 valence electrons. The number of hydrogen-bond donors (Lipinski definition) is 0. The van der Waals surface area contributed by atoms with E-state index in [-0.39, 0.29) is 0 Å². The van der Waals surface area contributed by atoms with Gasteiger partial charge in [0.15, 0.2) is 0 Å². The van der Waals surface area contributed by atoms with Crippen LogP contribution in [0.4, 0.5) is 0 Å². The Hall–Kier alpha value is -0.950. The largest absolute Gasteiger partial charge is 0.489 e. The van der Waals surface area contributed by atoms with Crippen molar-refractivity contribution in [2.45, 2.75) is 6.92 Å². The van der Waals surface area contributed by atoms with Gasteiger partial charge in [0, 0.05) is 10.6 Å². The Labute approximate surface area is 76.6 Å². The predicted molar refractivity (Wildman–Crippen MR) is 50.6 cm³/mol. The number of rotatable bonds is 0. The highest BCUT2D eigenvalue weighted by Gasteiger charge is 2.08. The average Bonchev–Trinajstić information content (AvgIpc) is 2.05. The van der Waals surface area contributed by atoms with E-state index in [1.54, 1.807) is 0 Å². The second kappa shape index (κ2) is 2.83. The van der Waals surface area contributed by atoms with Crippen molar-refractivity contribution in [2.24, 2.45) is 0 Å². The molecule has 0 atom stereocenters. The summed E-state index contributed by atoms with van der Waals surface area (Å²) in [5.74, 6) is 0.883. The summed E-state index contributed by atoms with van der Waals surface area (Å²) in [4.78, 5) is 0. The molecule has 0 aliphatic carbocycles. The van der Waals surface area contributed by atoms with E-state index in [0.717, 1.165) is 16.3 Å². The van der Waals surface area contributed by atoms with Gasteiger partial charge in [0.1, 0.15) is 12.4 Å². The van der Waals surface area contributed by atoms with Crippen LogP contribution in [0.1, 0.15) is 12.5 Å². The zero-order valence-electron chi connectivity index (χ0n) is 6.80. The van der Waals surface area contributed by atoms with E-state index in [1.807, 2.05) is 18.2 Å². The lowest BCUT2D eigenvalue weighted by molar-refractivity contribution is 0.347. The summed E-state index contributed by atoms with van der Waals surface area (Å²) in [5, 5.41) is 0.724. The number of halogens is 1. The first-order chi connectivity index (χ1) is 5.75. The van der Waals surface area contributed by atoms with Gasteiger partial charge in [-0.1, -0.05) is 11.6 Å². The van der Waals surface area contributed by atoms with E-state index < -0.39 is 0 Å². The predicted octanol–water partition coefficient (Wildman–Crippen LogP) is 3.14. The summed E-state index contributed by atoms with van der Waals surface area (Å²) in [6, 6.07) is 5.69. The monoisotopic (exact) mass is 180 g/mol. The Bertz CT molecular complexity index is 342. The fraction of sp³-hybridized carbons (Fsp3) is 0.200. The fourth-order valence-corrected chi connectivity index (χ4v) is 1.41. The van der Waals surface area contributed by atoms with Gasteiger partial charge in [-0.15, -0.1) is 0 Å². The standard InChI is InChI=1S/C10H9ClO/c1-7-4-8-2-3-9(11)5-10(8)12-6-7/h2-5H,6H2,1H3. The van der Waals surface area contributed by atoms with Crippen molar-refractivity contribution in [1.29, 1.82) is 0 Å². The Morgan fingerprint density at radius 2 is 2.25 bits per heavy atom. The first-order valence-electron chi connectivity index (χ1n) is 3.85. The molecule has 0 unspecified atom stereocenters. The second-order valence-electron chi connectivity index (χ2n) is 2.96. The number of benzene rings is 1. The molecular formula is C10H9ClO. The molecular weight excluding hydrogens is 172 g/mol. The molecule has 0 amide bonds. The van der Waals surface area contributed by atoms with Crippen molar-refractivity contribution in [3.63, 3.8) is 0 Å². The maximum absolute atomic E-state index is 5.81. The summed E-state index contributed by atoms with van der Waals surface area (Å²) in [6.45, 7) is 2.73. The highest BCUT2D eigenvalue weighted by atomic mass is 35.5. The van der Waals surface area contributed by atoms with E-state index in [4.69, 9.17) is 16.3 Å². The Morgan fingerprint density at radius 1 is 1.42 bits per heavy atom. The molecule has 0 bridgehead atoms. The quantitative estimate of drug-likeness (QED) is 0.596. The molecule has 0 aromatic heterocycles. The molecule has 1 aromatic carbocycles. The normalized spacial score (nSPS) is 14.7. The Morgan fingerprint density at radius 3 is 3.08 bits per heavy atom. The van der Waals surface area contributed by atoms with Crippen LogP contribution in [0.25, 0.3) is 6.08 Å². The van der Waals surface area contributed by atoms with Crippen LogP contribution in [0.3, 0.4) is 0 Å². The van der Waals surface area contributed by atoms with Gasteiger partial charge in [0.2, 0.25) is 0 Å². The fourth-order valence-electron chi connectivity index (χ4n) is 1.25. The molecule has 2 rings (SSSR count). The van der Waals surface area contributed by atoms with Gasteiger partial charge in [0.25, 0.3) is 0 Å². The molecule has 0 saturated heterocycles. The van der Waals surface area contributed by atoms with E-state index in [9.17, 15) is 0 Å². The molecule has 0 saturated carbocycles. The van der Waals surface area contributed by atoms with Gasteiger partial charge >= 0.3 is 0 Å². The first-order valence-corrected chi connectivity index (χ1v) is 4.23. The van der Waals surface area contributed by atoms with Crippen LogP contribution >= 0.6 is 11.6 Å². The molecule has 0 radical (unpaired) electrons. The summed E-state index contributed by atoms with van der Waals surface area (Å²) < 4.78 is 5.46. The number of fused-ring (bicyclic) bond motifs is 1. The van der Waals surface area contributed by atoms with Crippen molar-refractivity contribution < 1.29 is 4.74 Å². The maximum Gasteiger partial charge on any atom is 0.128 e. The van der Waals surface area contributed by atoms with Crippen molar-refractivity contribution >= 4 is 17.7 Å². The van der Waals surface area contributed by atoms with E-state index in [2.05, 4.69) is 13.0 Å². The minimum absolute atomic E-state index is 0.674. The van der Waals surface area contributed by atoms with Crippen molar-refractivity contribution in [2.75, 3.05) is 6.61 Å². The van der Waals surface area contributed by atoms with Gasteiger partial charge in [-0.2, -0.15) is 0 Å². The van der Waals surface area contributed by atoms with Crippen LogP contribution in [0.2, 0.25) is 5.02 Å². The third-order valence-electron chi connectivity index (χ3n) is 1.83. The van der Waals surface area contributed by atoms with Crippen LogP contribution in [0, 0.1) is 0 Å². The highest BCUT2D eigenvalue weighted by molar-refractivity contribution is 6.30. The topological polar surface area (TPSA) is 9.23 Å². The number of hydrogen-bond acceptors (Lipinski definition) is 1. The third kappa shape index (κ3) is 1.32. The van der Waals surface area contributed by atoms with Crippen molar-refractivity contribution in [3.05, 3.63) is 34.4 Å². The molecule has 0 spiro atoms. The van der Waals surface area contributed by atoms with E-state index in [0.29, 0.717) is 6.61 Å². The van der Waals surface area contributed by atoms with Gasteiger partial charge in [-0.3, -0.25) is 0 Å². The van der Waals surface area contributed by atoms with Gasteiger partial charge in [-0.05, 0) is 36.8 Å². The maximum atomic E-state index is 5.81. The minimum Gasteiger partial charge on any atom is -0.489 e. The highest BCUT2D eigenvalue weighted by Crippen LogP contribution is 2.28. The molecule has 1 heterocycles. The lowest BCUT2D eigenvalue weighted by Crippen LogP contribution is -2.04. The lowest BCUT2D eigenvalue weighted by Gasteiger charge is -2.15. The molecule has 1 aromatic rings. The summed E-state index contributed by atoms with van der Waals surface area (Å²) in [7, 11) is 0. The summed E-state index contributed by atoms with van der Waals surface area (Å²) in [5.41, 5.74) is 2.35. The Balaban J connectivity index is 2.51. The molecule has 0 N–H and O–H groups in total. The van der Waals surface area contributed by atoms with Crippen LogP contribution < -0.4 is 4.74 Å². The van der Waals surface area contributed by atoms with Gasteiger partial charge in [0.05, 0.1) is 0 Å². The number of ether oxygens (including phenoxy) is 1. The lowest BCUT2D eigenvalue weighted by atomic mass is 10.1. The third-order valence-corrected chi connectivity index (χ3v) is 2.07.